The predicted molar refractivity (Wildman–Crippen MR) is 78.4 cm³/mol. The van der Waals surface area contributed by atoms with Gasteiger partial charge >= 0.3 is 0 Å². The number of aromatic amines is 1. The van der Waals surface area contributed by atoms with Crippen LogP contribution in [-0.2, 0) is 6.54 Å². The van der Waals surface area contributed by atoms with Crippen molar-refractivity contribution in [3.63, 3.8) is 0 Å². The SMILES string of the molecule is Cc1ccc(CN(CCCO)C(=O)c2cc[nH]c2)cc1. The summed E-state index contributed by atoms with van der Waals surface area (Å²) < 4.78 is 0. The molecule has 0 radical (unpaired) electrons. The first-order chi connectivity index (χ1) is 9.70. The molecule has 0 saturated heterocycles. The van der Waals surface area contributed by atoms with Crippen LogP contribution in [0.15, 0.2) is 42.7 Å². The number of aryl methyl sites for hydroxylation is 1. The Morgan fingerprint density at radius 3 is 2.60 bits per heavy atom. The van der Waals surface area contributed by atoms with E-state index in [9.17, 15) is 4.79 Å². The van der Waals surface area contributed by atoms with Gasteiger partial charge in [-0.25, -0.2) is 0 Å². The van der Waals surface area contributed by atoms with Crippen molar-refractivity contribution in [2.75, 3.05) is 13.2 Å². The molecule has 20 heavy (non-hydrogen) atoms. The number of aliphatic hydroxyl groups is 1. The van der Waals surface area contributed by atoms with Gasteiger partial charge < -0.3 is 15.0 Å². The second-order valence-corrected chi connectivity index (χ2v) is 4.89. The van der Waals surface area contributed by atoms with Gasteiger partial charge in [0.05, 0.1) is 5.56 Å². The highest BCUT2D eigenvalue weighted by molar-refractivity contribution is 5.94. The molecule has 4 heteroatoms. The monoisotopic (exact) mass is 272 g/mol. The first-order valence-electron chi connectivity index (χ1n) is 6.79. The van der Waals surface area contributed by atoms with Crippen molar-refractivity contribution in [1.29, 1.82) is 0 Å². The molecular weight excluding hydrogens is 252 g/mol. The van der Waals surface area contributed by atoms with Crippen LogP contribution in [0.25, 0.3) is 0 Å². The maximum absolute atomic E-state index is 12.4. The van der Waals surface area contributed by atoms with Crippen LogP contribution in [0, 0.1) is 6.92 Å². The van der Waals surface area contributed by atoms with E-state index >= 15 is 0 Å². The lowest BCUT2D eigenvalue weighted by Gasteiger charge is -2.22. The van der Waals surface area contributed by atoms with E-state index < -0.39 is 0 Å². The Hall–Kier alpha value is -2.07. The molecule has 1 amide bonds. The lowest BCUT2D eigenvalue weighted by Crippen LogP contribution is -2.31. The zero-order valence-electron chi connectivity index (χ0n) is 11.7. The van der Waals surface area contributed by atoms with Gasteiger partial charge in [0.2, 0.25) is 0 Å². The molecule has 0 aliphatic heterocycles. The van der Waals surface area contributed by atoms with Crippen LogP contribution in [0.5, 0.6) is 0 Å². The summed E-state index contributed by atoms with van der Waals surface area (Å²) in [7, 11) is 0. The molecule has 1 aromatic carbocycles. The zero-order valence-corrected chi connectivity index (χ0v) is 11.7. The van der Waals surface area contributed by atoms with Gasteiger partial charge in [0.1, 0.15) is 0 Å². The third-order valence-electron chi connectivity index (χ3n) is 3.21. The number of nitrogens with zero attached hydrogens (tertiary/aromatic N) is 1. The zero-order chi connectivity index (χ0) is 14.4. The summed E-state index contributed by atoms with van der Waals surface area (Å²) in [6.07, 6.45) is 4.02. The number of aliphatic hydroxyl groups excluding tert-OH is 1. The minimum absolute atomic E-state index is 0.0136. The number of H-pyrrole nitrogens is 1. The van der Waals surface area contributed by atoms with Gasteiger partial charge in [-0.15, -0.1) is 0 Å². The summed E-state index contributed by atoms with van der Waals surface area (Å²) in [4.78, 5) is 17.1. The Kier molecular flexibility index (Phi) is 4.96. The summed E-state index contributed by atoms with van der Waals surface area (Å²) >= 11 is 0. The average Bonchev–Trinajstić information content (AvgIpc) is 2.99. The number of hydrogen-bond acceptors (Lipinski definition) is 2. The largest absolute Gasteiger partial charge is 0.396 e. The van der Waals surface area contributed by atoms with E-state index in [0.717, 1.165) is 5.56 Å². The van der Waals surface area contributed by atoms with Crippen LogP contribution < -0.4 is 0 Å². The molecule has 0 spiro atoms. The third kappa shape index (κ3) is 3.71. The molecular formula is C16H20N2O2. The number of hydrogen-bond donors (Lipinski definition) is 2. The summed E-state index contributed by atoms with van der Waals surface area (Å²) in [6.45, 7) is 3.24. The van der Waals surface area contributed by atoms with E-state index in [-0.39, 0.29) is 12.5 Å². The lowest BCUT2D eigenvalue weighted by molar-refractivity contribution is 0.0732. The van der Waals surface area contributed by atoms with E-state index in [2.05, 4.69) is 4.98 Å². The van der Waals surface area contributed by atoms with Crippen molar-refractivity contribution < 1.29 is 9.90 Å². The van der Waals surface area contributed by atoms with Crippen LogP contribution in [0.4, 0.5) is 0 Å². The number of aromatic nitrogens is 1. The van der Waals surface area contributed by atoms with Crippen LogP contribution in [0.1, 0.15) is 27.9 Å². The van der Waals surface area contributed by atoms with Gasteiger partial charge in [0, 0.05) is 32.1 Å². The van der Waals surface area contributed by atoms with E-state index in [1.54, 1.807) is 23.4 Å². The van der Waals surface area contributed by atoms with Gasteiger partial charge in [0.25, 0.3) is 5.91 Å². The Morgan fingerprint density at radius 2 is 2.00 bits per heavy atom. The van der Waals surface area contributed by atoms with Crippen molar-refractivity contribution in [3.05, 3.63) is 59.4 Å². The molecule has 0 aliphatic rings. The fourth-order valence-corrected chi connectivity index (χ4v) is 2.07. The average molecular weight is 272 g/mol. The highest BCUT2D eigenvalue weighted by Crippen LogP contribution is 2.11. The van der Waals surface area contributed by atoms with Gasteiger partial charge in [-0.3, -0.25) is 4.79 Å². The second kappa shape index (κ2) is 6.91. The minimum atomic E-state index is -0.0136. The minimum Gasteiger partial charge on any atom is -0.396 e. The van der Waals surface area contributed by atoms with Crippen molar-refractivity contribution in [2.24, 2.45) is 0 Å². The number of carbonyl (C=O) groups is 1. The summed E-state index contributed by atoms with van der Waals surface area (Å²) in [6, 6.07) is 9.92. The highest BCUT2D eigenvalue weighted by Gasteiger charge is 2.16. The number of carbonyl (C=O) groups excluding carboxylic acids is 1. The topological polar surface area (TPSA) is 56.3 Å². The number of rotatable bonds is 6. The Balaban J connectivity index is 2.10. The van der Waals surface area contributed by atoms with Crippen molar-refractivity contribution in [2.45, 2.75) is 19.9 Å². The molecule has 0 bridgehead atoms. The molecule has 2 rings (SSSR count). The maximum atomic E-state index is 12.4. The number of benzene rings is 1. The first-order valence-corrected chi connectivity index (χ1v) is 6.79. The normalized spacial score (nSPS) is 10.5. The Morgan fingerprint density at radius 1 is 1.25 bits per heavy atom. The third-order valence-corrected chi connectivity index (χ3v) is 3.21. The Labute approximate surface area is 119 Å². The molecule has 0 fully saturated rings. The fourth-order valence-electron chi connectivity index (χ4n) is 2.07. The fraction of sp³-hybridized carbons (Fsp3) is 0.312. The van der Waals surface area contributed by atoms with Crippen LogP contribution in [0.2, 0.25) is 0 Å². The van der Waals surface area contributed by atoms with Gasteiger partial charge in [-0.05, 0) is 25.0 Å². The van der Waals surface area contributed by atoms with Crippen LogP contribution in [-0.4, -0.2) is 34.0 Å². The molecule has 1 heterocycles. The molecule has 1 aromatic heterocycles. The maximum Gasteiger partial charge on any atom is 0.255 e. The smallest absolute Gasteiger partial charge is 0.255 e. The summed E-state index contributed by atoms with van der Waals surface area (Å²) in [5.74, 6) is -0.0136. The van der Waals surface area contributed by atoms with E-state index in [4.69, 9.17) is 5.11 Å². The first kappa shape index (κ1) is 14.3. The molecule has 2 N–H and O–H groups in total. The molecule has 106 valence electrons. The van der Waals surface area contributed by atoms with Crippen LogP contribution in [0.3, 0.4) is 0 Å². The predicted octanol–water partition coefficient (Wildman–Crippen LogP) is 2.35. The molecule has 2 aromatic rings. The van der Waals surface area contributed by atoms with E-state index in [0.29, 0.717) is 25.1 Å². The number of amides is 1. The van der Waals surface area contributed by atoms with Gasteiger partial charge in [-0.1, -0.05) is 29.8 Å². The van der Waals surface area contributed by atoms with Gasteiger partial charge in [-0.2, -0.15) is 0 Å². The van der Waals surface area contributed by atoms with Crippen molar-refractivity contribution >= 4 is 5.91 Å². The van der Waals surface area contributed by atoms with E-state index in [1.807, 2.05) is 31.2 Å². The quantitative estimate of drug-likeness (QED) is 0.848. The standard InChI is InChI=1S/C16H20N2O2/c1-13-3-5-14(6-4-13)12-18(9-2-10-19)16(20)15-7-8-17-11-15/h3-8,11,17,19H,2,9-10,12H2,1H3. The summed E-state index contributed by atoms with van der Waals surface area (Å²) in [5.41, 5.74) is 2.94. The van der Waals surface area contributed by atoms with Crippen molar-refractivity contribution in [1.82, 2.24) is 9.88 Å². The second-order valence-electron chi connectivity index (χ2n) is 4.89. The lowest BCUT2D eigenvalue weighted by atomic mass is 10.1. The molecule has 0 saturated carbocycles. The molecule has 0 unspecified atom stereocenters. The van der Waals surface area contributed by atoms with Crippen LogP contribution >= 0.6 is 0 Å². The molecule has 0 aliphatic carbocycles. The highest BCUT2D eigenvalue weighted by atomic mass is 16.3. The Bertz CT molecular complexity index is 532. The van der Waals surface area contributed by atoms with Gasteiger partial charge in [0.15, 0.2) is 0 Å². The van der Waals surface area contributed by atoms with Crippen molar-refractivity contribution in [3.8, 4) is 0 Å². The molecule has 4 nitrogen and oxygen atoms in total. The molecule has 0 atom stereocenters. The van der Waals surface area contributed by atoms with E-state index in [1.165, 1.54) is 5.56 Å². The number of nitrogens with one attached hydrogen (secondary N) is 1. The summed E-state index contributed by atoms with van der Waals surface area (Å²) in [5, 5.41) is 8.99.